The van der Waals surface area contributed by atoms with Crippen molar-refractivity contribution in [3.63, 3.8) is 0 Å². The average Bonchev–Trinajstić information content (AvgIpc) is 2.53. The summed E-state index contributed by atoms with van der Waals surface area (Å²) in [7, 11) is 0. The molecule has 0 spiro atoms. The van der Waals surface area contributed by atoms with E-state index < -0.39 is 5.97 Å². The van der Waals surface area contributed by atoms with E-state index in [-0.39, 0.29) is 12.3 Å². The fraction of sp³-hybridized carbons (Fsp3) is 0.125. The molecule has 0 saturated heterocycles. The van der Waals surface area contributed by atoms with Crippen molar-refractivity contribution in [3.8, 4) is 0 Å². The molecule has 0 aliphatic carbocycles. The molecule has 5 nitrogen and oxygen atoms in total. The first-order valence-corrected chi connectivity index (χ1v) is 7.01. The minimum Gasteiger partial charge on any atom is -0.456 e. The summed E-state index contributed by atoms with van der Waals surface area (Å²) in [6, 6.07) is 9.46. The Morgan fingerprint density at radius 3 is 2.82 bits per heavy atom. The molecule has 2 heterocycles. The maximum Gasteiger partial charge on any atom is 0.358 e. The highest BCUT2D eigenvalue weighted by Gasteiger charge is 2.12. The number of aromatic nitrogens is 3. The zero-order valence-electron chi connectivity index (χ0n) is 11.8. The Morgan fingerprint density at radius 1 is 1.23 bits per heavy atom. The number of aryl methyl sites for hydroxylation is 1. The van der Waals surface area contributed by atoms with Gasteiger partial charge in [-0.3, -0.25) is 4.98 Å². The summed E-state index contributed by atoms with van der Waals surface area (Å²) in [6.45, 7) is 1.83. The lowest BCUT2D eigenvalue weighted by molar-refractivity contribution is 0.0465. The van der Waals surface area contributed by atoms with Crippen molar-refractivity contribution in [2.45, 2.75) is 13.5 Å². The van der Waals surface area contributed by atoms with Gasteiger partial charge >= 0.3 is 5.97 Å². The highest BCUT2D eigenvalue weighted by atomic mass is 35.5. The largest absolute Gasteiger partial charge is 0.456 e. The quantitative estimate of drug-likeness (QED) is 0.548. The number of nitrogens with zero attached hydrogens (tertiary/aromatic N) is 3. The van der Waals surface area contributed by atoms with Gasteiger partial charge in [0.1, 0.15) is 11.8 Å². The smallest absolute Gasteiger partial charge is 0.358 e. The number of ether oxygens (including phenoxy) is 1. The molecule has 1 aromatic carbocycles. The molecule has 0 amide bonds. The molecule has 0 unspecified atom stereocenters. The van der Waals surface area contributed by atoms with E-state index in [1.807, 2.05) is 30.3 Å². The van der Waals surface area contributed by atoms with Crippen molar-refractivity contribution in [2.24, 2.45) is 0 Å². The van der Waals surface area contributed by atoms with Crippen LogP contribution in [-0.2, 0) is 11.3 Å². The Morgan fingerprint density at radius 2 is 2.05 bits per heavy atom. The SMILES string of the molecule is Cc1cnc(C(=O)OCc2cc3ccccc3nc2Cl)cn1. The molecule has 0 fully saturated rings. The van der Waals surface area contributed by atoms with Crippen molar-refractivity contribution in [3.05, 3.63) is 64.8 Å². The van der Waals surface area contributed by atoms with Gasteiger partial charge in [-0.1, -0.05) is 29.8 Å². The van der Waals surface area contributed by atoms with Gasteiger partial charge in [-0.2, -0.15) is 0 Å². The van der Waals surface area contributed by atoms with Crippen molar-refractivity contribution in [1.82, 2.24) is 15.0 Å². The molecule has 3 aromatic rings. The fourth-order valence-electron chi connectivity index (χ4n) is 1.95. The Labute approximate surface area is 132 Å². The second-order valence-corrected chi connectivity index (χ2v) is 5.11. The van der Waals surface area contributed by atoms with Crippen molar-refractivity contribution in [1.29, 1.82) is 0 Å². The summed E-state index contributed by atoms with van der Waals surface area (Å²) >= 11 is 6.12. The number of rotatable bonds is 3. The number of hydrogen-bond donors (Lipinski definition) is 0. The van der Waals surface area contributed by atoms with Crippen LogP contribution in [0.15, 0.2) is 42.7 Å². The number of para-hydroxylation sites is 1. The Balaban J connectivity index is 1.77. The normalized spacial score (nSPS) is 10.6. The summed E-state index contributed by atoms with van der Waals surface area (Å²) < 4.78 is 5.22. The van der Waals surface area contributed by atoms with Crippen LogP contribution < -0.4 is 0 Å². The lowest BCUT2D eigenvalue weighted by atomic mass is 10.2. The number of benzene rings is 1. The van der Waals surface area contributed by atoms with Crippen molar-refractivity contribution < 1.29 is 9.53 Å². The molecule has 6 heteroatoms. The van der Waals surface area contributed by atoms with E-state index in [1.165, 1.54) is 12.4 Å². The van der Waals surface area contributed by atoms with Gasteiger partial charge in [0.2, 0.25) is 0 Å². The van der Waals surface area contributed by atoms with Gasteiger partial charge in [-0.25, -0.2) is 14.8 Å². The van der Waals surface area contributed by atoms with Crippen LogP contribution in [0.25, 0.3) is 10.9 Å². The second kappa shape index (κ2) is 6.07. The number of hydrogen-bond acceptors (Lipinski definition) is 5. The fourth-order valence-corrected chi connectivity index (χ4v) is 2.15. The number of carbonyl (C=O) groups excluding carboxylic acids is 1. The van der Waals surface area contributed by atoms with Gasteiger partial charge in [-0.15, -0.1) is 0 Å². The number of pyridine rings is 1. The first-order valence-electron chi connectivity index (χ1n) is 6.63. The summed E-state index contributed by atoms with van der Waals surface area (Å²) in [5, 5.41) is 1.26. The van der Waals surface area contributed by atoms with Crippen molar-refractivity contribution in [2.75, 3.05) is 0 Å². The highest BCUT2D eigenvalue weighted by Crippen LogP contribution is 2.21. The molecule has 0 saturated carbocycles. The molecular weight excluding hydrogens is 302 g/mol. The van der Waals surface area contributed by atoms with Crippen LogP contribution in [0.4, 0.5) is 0 Å². The van der Waals surface area contributed by atoms with Gasteiger partial charge < -0.3 is 4.74 Å². The van der Waals surface area contributed by atoms with E-state index in [2.05, 4.69) is 15.0 Å². The summed E-state index contributed by atoms with van der Waals surface area (Å²) in [4.78, 5) is 24.2. The lowest BCUT2D eigenvalue weighted by Gasteiger charge is -2.07. The Bertz CT molecular complexity index is 834. The standard InChI is InChI=1S/C16H12ClN3O2/c1-10-7-19-14(8-18-10)16(21)22-9-12-6-11-4-2-3-5-13(11)20-15(12)17/h2-8H,9H2,1H3. The third-order valence-electron chi connectivity index (χ3n) is 3.10. The first-order chi connectivity index (χ1) is 10.6. The lowest BCUT2D eigenvalue weighted by Crippen LogP contribution is -2.08. The van der Waals surface area contributed by atoms with E-state index in [9.17, 15) is 4.79 Å². The van der Waals surface area contributed by atoms with Crippen molar-refractivity contribution >= 4 is 28.5 Å². The predicted octanol–water partition coefficient (Wildman–Crippen LogP) is 3.34. The predicted molar refractivity (Wildman–Crippen MR) is 82.6 cm³/mol. The Kier molecular flexibility index (Phi) is 3.98. The van der Waals surface area contributed by atoms with Crippen LogP contribution in [-0.4, -0.2) is 20.9 Å². The second-order valence-electron chi connectivity index (χ2n) is 4.75. The van der Waals surface area contributed by atoms with E-state index in [0.29, 0.717) is 10.7 Å². The molecule has 0 aliphatic rings. The van der Waals surface area contributed by atoms with Gasteiger partial charge in [0.15, 0.2) is 5.69 Å². The molecule has 0 atom stereocenters. The number of halogens is 1. The molecule has 110 valence electrons. The third kappa shape index (κ3) is 3.04. The molecular formula is C16H12ClN3O2. The van der Waals surface area contributed by atoms with Gasteiger partial charge in [-0.05, 0) is 19.1 Å². The topological polar surface area (TPSA) is 65.0 Å². The molecule has 0 N–H and O–H groups in total. The van der Waals surface area contributed by atoms with Crippen LogP contribution >= 0.6 is 11.6 Å². The number of fused-ring (bicyclic) bond motifs is 1. The van der Waals surface area contributed by atoms with Crippen LogP contribution in [0.1, 0.15) is 21.7 Å². The van der Waals surface area contributed by atoms with Crippen LogP contribution in [0.2, 0.25) is 5.15 Å². The highest BCUT2D eigenvalue weighted by molar-refractivity contribution is 6.30. The molecule has 3 rings (SSSR count). The monoisotopic (exact) mass is 313 g/mol. The maximum atomic E-state index is 11.9. The van der Waals surface area contributed by atoms with Crippen LogP contribution in [0.3, 0.4) is 0 Å². The van der Waals surface area contributed by atoms with E-state index in [1.54, 1.807) is 6.92 Å². The van der Waals surface area contributed by atoms with Gasteiger partial charge in [0, 0.05) is 17.1 Å². The van der Waals surface area contributed by atoms with Crippen LogP contribution in [0, 0.1) is 6.92 Å². The summed E-state index contributed by atoms with van der Waals surface area (Å²) in [5.74, 6) is -0.545. The number of esters is 1. The maximum absolute atomic E-state index is 11.9. The summed E-state index contributed by atoms with van der Waals surface area (Å²) in [5.41, 5.74) is 2.34. The van der Waals surface area contributed by atoms with Gasteiger partial charge in [0.25, 0.3) is 0 Å². The average molecular weight is 314 g/mol. The molecule has 0 bridgehead atoms. The molecule has 0 radical (unpaired) electrons. The molecule has 2 aromatic heterocycles. The first kappa shape index (κ1) is 14.4. The zero-order valence-corrected chi connectivity index (χ0v) is 12.5. The number of carbonyl (C=O) groups is 1. The minimum atomic E-state index is -0.545. The van der Waals surface area contributed by atoms with E-state index >= 15 is 0 Å². The third-order valence-corrected chi connectivity index (χ3v) is 3.43. The van der Waals surface area contributed by atoms with Crippen LogP contribution in [0.5, 0.6) is 0 Å². The Hall–Kier alpha value is -2.53. The van der Waals surface area contributed by atoms with Gasteiger partial charge in [0.05, 0.1) is 17.4 Å². The molecule has 22 heavy (non-hydrogen) atoms. The van der Waals surface area contributed by atoms with E-state index in [4.69, 9.17) is 16.3 Å². The molecule has 0 aliphatic heterocycles. The zero-order chi connectivity index (χ0) is 15.5. The summed E-state index contributed by atoms with van der Waals surface area (Å²) in [6.07, 6.45) is 2.90. The van der Waals surface area contributed by atoms with E-state index in [0.717, 1.165) is 16.6 Å². The minimum absolute atomic E-state index is 0.0328.